The van der Waals surface area contributed by atoms with E-state index in [0.29, 0.717) is 15.6 Å². The van der Waals surface area contributed by atoms with Gasteiger partial charge in [-0.2, -0.15) is 0 Å². The van der Waals surface area contributed by atoms with Crippen molar-refractivity contribution < 1.29 is 9.59 Å². The highest BCUT2D eigenvalue weighted by atomic mass is 35.5. The Labute approximate surface area is 135 Å². The molecule has 21 heavy (non-hydrogen) atoms. The predicted molar refractivity (Wildman–Crippen MR) is 85.8 cm³/mol. The van der Waals surface area contributed by atoms with E-state index in [1.165, 1.54) is 0 Å². The minimum atomic E-state index is -0.473. The van der Waals surface area contributed by atoms with Gasteiger partial charge in [-0.1, -0.05) is 29.3 Å². The summed E-state index contributed by atoms with van der Waals surface area (Å²) in [6, 6.07) is 5.22. The van der Waals surface area contributed by atoms with E-state index in [1.54, 1.807) is 25.1 Å². The van der Waals surface area contributed by atoms with E-state index in [0.717, 1.165) is 0 Å². The second-order valence-corrected chi connectivity index (χ2v) is 5.93. The molecule has 2 N–H and O–H groups in total. The molecule has 116 valence electrons. The van der Waals surface area contributed by atoms with Crippen LogP contribution in [0.15, 0.2) is 18.2 Å². The Balaban J connectivity index is 2.54. The molecule has 0 spiro atoms. The van der Waals surface area contributed by atoms with Gasteiger partial charge >= 0.3 is 0 Å². The quantitative estimate of drug-likeness (QED) is 0.841. The Morgan fingerprint density at radius 3 is 2.24 bits per heavy atom. The van der Waals surface area contributed by atoms with Crippen molar-refractivity contribution in [1.82, 2.24) is 10.6 Å². The molecule has 0 bridgehead atoms. The first-order valence-corrected chi connectivity index (χ1v) is 7.59. The van der Waals surface area contributed by atoms with Gasteiger partial charge in [0.2, 0.25) is 11.8 Å². The lowest BCUT2D eigenvalue weighted by Gasteiger charge is -2.15. The summed E-state index contributed by atoms with van der Waals surface area (Å²) in [5.74, 6) is -0.768. The highest BCUT2D eigenvalue weighted by Gasteiger charge is 2.20. The monoisotopic (exact) mass is 330 g/mol. The van der Waals surface area contributed by atoms with Crippen LogP contribution < -0.4 is 10.6 Å². The van der Waals surface area contributed by atoms with E-state index in [1.807, 2.05) is 13.8 Å². The summed E-state index contributed by atoms with van der Waals surface area (Å²) in [6.07, 6.45) is 0.243. The molecule has 0 aliphatic rings. The average molecular weight is 331 g/mol. The van der Waals surface area contributed by atoms with Crippen LogP contribution in [0.1, 0.15) is 38.7 Å². The van der Waals surface area contributed by atoms with Crippen LogP contribution in [-0.2, 0) is 9.59 Å². The fourth-order valence-corrected chi connectivity index (χ4v) is 2.63. The van der Waals surface area contributed by atoms with Gasteiger partial charge < -0.3 is 10.6 Å². The van der Waals surface area contributed by atoms with Crippen LogP contribution in [0.25, 0.3) is 0 Å². The van der Waals surface area contributed by atoms with Crippen LogP contribution in [0.4, 0.5) is 0 Å². The Morgan fingerprint density at radius 2 is 1.71 bits per heavy atom. The highest BCUT2D eigenvalue weighted by molar-refractivity contribution is 6.36. The van der Waals surface area contributed by atoms with E-state index in [4.69, 9.17) is 23.2 Å². The van der Waals surface area contributed by atoms with Crippen molar-refractivity contribution in [2.24, 2.45) is 0 Å². The maximum atomic E-state index is 12.1. The van der Waals surface area contributed by atoms with Gasteiger partial charge in [-0.3, -0.25) is 9.59 Å². The fraction of sp³-hybridized carbons (Fsp3) is 0.467. The molecule has 2 amide bonds. The first-order chi connectivity index (χ1) is 9.82. The number of carbonyl (C=O) groups excluding carboxylic acids is 2. The number of hydrogen-bond donors (Lipinski definition) is 2. The van der Waals surface area contributed by atoms with Gasteiger partial charge in [0.1, 0.15) is 0 Å². The molecule has 1 unspecified atom stereocenters. The van der Waals surface area contributed by atoms with Crippen molar-refractivity contribution in [3.05, 3.63) is 33.8 Å². The van der Waals surface area contributed by atoms with E-state index >= 15 is 0 Å². The zero-order chi connectivity index (χ0) is 16.0. The number of amides is 2. The van der Waals surface area contributed by atoms with Crippen LogP contribution >= 0.6 is 23.2 Å². The van der Waals surface area contributed by atoms with Gasteiger partial charge in [0.25, 0.3) is 0 Å². The van der Waals surface area contributed by atoms with Crippen molar-refractivity contribution in [2.75, 3.05) is 6.54 Å². The van der Waals surface area contributed by atoms with Crippen LogP contribution in [0, 0.1) is 0 Å². The number of rotatable bonds is 6. The van der Waals surface area contributed by atoms with Crippen molar-refractivity contribution >= 4 is 35.0 Å². The molecule has 6 heteroatoms. The molecule has 1 aromatic rings. The average Bonchev–Trinajstić information content (AvgIpc) is 2.37. The van der Waals surface area contributed by atoms with Crippen LogP contribution in [-0.4, -0.2) is 24.4 Å². The smallest absolute Gasteiger partial charge is 0.227 e. The van der Waals surface area contributed by atoms with Gasteiger partial charge in [-0.25, -0.2) is 0 Å². The van der Waals surface area contributed by atoms with Crippen LogP contribution in [0.5, 0.6) is 0 Å². The third-order valence-electron chi connectivity index (χ3n) is 2.93. The predicted octanol–water partition coefficient (Wildman–Crippen LogP) is 3.13. The highest BCUT2D eigenvalue weighted by Crippen LogP contribution is 2.31. The standard InChI is InChI=1S/C15H20Cl2N2O2/c1-9(2)19-13(20)7-8-18-15(21)10(3)14-11(16)5-4-6-12(14)17/h4-6,9-10H,7-8H2,1-3H3,(H,18,21)(H,19,20). The minimum Gasteiger partial charge on any atom is -0.355 e. The summed E-state index contributed by atoms with van der Waals surface area (Å²) in [5.41, 5.74) is 0.602. The largest absolute Gasteiger partial charge is 0.355 e. The van der Waals surface area contributed by atoms with Crippen molar-refractivity contribution in [2.45, 2.75) is 39.2 Å². The van der Waals surface area contributed by atoms with Gasteiger partial charge in [0.15, 0.2) is 0 Å². The van der Waals surface area contributed by atoms with E-state index in [-0.39, 0.29) is 30.8 Å². The number of hydrogen-bond acceptors (Lipinski definition) is 2. The Kier molecular flexibility index (Phi) is 6.99. The number of nitrogens with one attached hydrogen (secondary N) is 2. The second kappa shape index (κ2) is 8.25. The summed E-state index contributed by atoms with van der Waals surface area (Å²) >= 11 is 12.2. The Bertz CT molecular complexity index is 498. The normalized spacial score (nSPS) is 12.1. The molecule has 1 rings (SSSR count). The molecule has 0 saturated carbocycles. The van der Waals surface area contributed by atoms with Gasteiger partial charge in [0.05, 0.1) is 5.92 Å². The zero-order valence-electron chi connectivity index (χ0n) is 12.4. The Morgan fingerprint density at radius 1 is 1.14 bits per heavy atom. The summed E-state index contributed by atoms with van der Waals surface area (Å²) in [5, 5.41) is 6.41. The lowest BCUT2D eigenvalue weighted by atomic mass is 10.00. The molecule has 1 atom stereocenters. The molecule has 0 saturated heterocycles. The third kappa shape index (κ3) is 5.56. The summed E-state index contributed by atoms with van der Waals surface area (Å²) in [7, 11) is 0. The van der Waals surface area contributed by atoms with Crippen molar-refractivity contribution in [3.8, 4) is 0 Å². The number of halogens is 2. The van der Waals surface area contributed by atoms with Gasteiger partial charge in [0, 0.05) is 34.6 Å². The molecule has 1 aromatic carbocycles. The fourth-order valence-electron chi connectivity index (χ4n) is 1.90. The van der Waals surface area contributed by atoms with Crippen LogP contribution in [0.3, 0.4) is 0 Å². The number of carbonyl (C=O) groups is 2. The summed E-state index contributed by atoms with van der Waals surface area (Å²) < 4.78 is 0. The molecule has 0 aliphatic heterocycles. The van der Waals surface area contributed by atoms with E-state index in [9.17, 15) is 9.59 Å². The molecular formula is C15H20Cl2N2O2. The summed E-state index contributed by atoms with van der Waals surface area (Å²) in [6.45, 7) is 5.79. The molecular weight excluding hydrogens is 311 g/mol. The molecule has 0 radical (unpaired) electrons. The first kappa shape index (κ1) is 17.8. The van der Waals surface area contributed by atoms with Gasteiger partial charge in [-0.15, -0.1) is 0 Å². The Hall–Kier alpha value is -1.26. The van der Waals surface area contributed by atoms with Crippen molar-refractivity contribution in [3.63, 3.8) is 0 Å². The maximum Gasteiger partial charge on any atom is 0.227 e. The lowest BCUT2D eigenvalue weighted by molar-refractivity contribution is -0.123. The second-order valence-electron chi connectivity index (χ2n) is 5.12. The van der Waals surface area contributed by atoms with Crippen molar-refractivity contribution in [1.29, 1.82) is 0 Å². The summed E-state index contributed by atoms with van der Waals surface area (Å²) in [4.78, 5) is 23.6. The molecule has 0 aromatic heterocycles. The molecule has 0 heterocycles. The maximum absolute atomic E-state index is 12.1. The van der Waals surface area contributed by atoms with Gasteiger partial charge in [-0.05, 0) is 32.9 Å². The van der Waals surface area contributed by atoms with Crippen LogP contribution in [0.2, 0.25) is 10.0 Å². The first-order valence-electron chi connectivity index (χ1n) is 6.84. The zero-order valence-corrected chi connectivity index (χ0v) is 13.9. The molecule has 0 fully saturated rings. The molecule has 4 nitrogen and oxygen atoms in total. The van der Waals surface area contributed by atoms with E-state index in [2.05, 4.69) is 10.6 Å². The molecule has 0 aliphatic carbocycles. The third-order valence-corrected chi connectivity index (χ3v) is 3.59. The SMILES string of the molecule is CC(C)NC(=O)CCNC(=O)C(C)c1c(Cl)cccc1Cl. The topological polar surface area (TPSA) is 58.2 Å². The van der Waals surface area contributed by atoms with E-state index < -0.39 is 5.92 Å². The minimum absolute atomic E-state index is 0.0891. The lowest BCUT2D eigenvalue weighted by Crippen LogP contribution is -2.35. The number of benzene rings is 1.